The number of benzene rings is 2. The van der Waals surface area contributed by atoms with Crippen LogP contribution in [0.15, 0.2) is 42.6 Å². The highest BCUT2D eigenvalue weighted by atomic mass is 16.5. The van der Waals surface area contributed by atoms with Gasteiger partial charge in [-0.05, 0) is 61.9 Å². The Morgan fingerprint density at radius 2 is 1.98 bits per heavy atom. The predicted molar refractivity (Wildman–Crippen MR) is 155 cm³/mol. The number of aromatic nitrogens is 1. The zero-order chi connectivity index (χ0) is 28.2. The number of rotatable bonds is 9. The van der Waals surface area contributed by atoms with Gasteiger partial charge in [0.05, 0.1) is 13.7 Å². The molecule has 1 fully saturated rings. The van der Waals surface area contributed by atoms with Crippen LogP contribution in [0, 0.1) is 5.92 Å². The Morgan fingerprint density at radius 3 is 2.70 bits per heavy atom. The molecule has 0 radical (unpaired) electrons. The molecule has 0 spiro atoms. The van der Waals surface area contributed by atoms with Crippen LogP contribution >= 0.6 is 0 Å². The topological polar surface area (TPSA) is 92.9 Å². The third-order valence-corrected chi connectivity index (χ3v) is 8.09. The number of aromatic amines is 1. The van der Waals surface area contributed by atoms with Crippen molar-refractivity contribution in [3.05, 3.63) is 53.7 Å². The number of nitrogens with zero attached hydrogens (tertiary/aromatic N) is 1. The number of fused-ring (bicyclic) bond motifs is 2. The minimum absolute atomic E-state index is 0.102. The van der Waals surface area contributed by atoms with E-state index in [1.807, 2.05) is 63.4 Å². The summed E-state index contributed by atoms with van der Waals surface area (Å²) in [4.78, 5) is 33.4. The maximum absolute atomic E-state index is 14.2. The smallest absolute Gasteiger partial charge is 0.264 e. The highest BCUT2D eigenvalue weighted by molar-refractivity contribution is 5.93. The second-order valence-corrected chi connectivity index (χ2v) is 11.1. The lowest BCUT2D eigenvalue weighted by Gasteiger charge is -2.33. The minimum Gasteiger partial charge on any atom is -0.497 e. The van der Waals surface area contributed by atoms with Gasteiger partial charge in [0.15, 0.2) is 17.6 Å². The molecule has 1 aliphatic carbocycles. The van der Waals surface area contributed by atoms with Gasteiger partial charge >= 0.3 is 0 Å². The minimum atomic E-state index is -0.826. The first kappa shape index (κ1) is 27.9. The van der Waals surface area contributed by atoms with Crippen LogP contribution in [0.4, 0.5) is 0 Å². The monoisotopic (exact) mass is 547 g/mol. The molecule has 3 aromatic rings. The van der Waals surface area contributed by atoms with E-state index in [4.69, 9.17) is 14.2 Å². The first-order chi connectivity index (χ1) is 19.4. The van der Waals surface area contributed by atoms with Crippen molar-refractivity contribution in [1.82, 2.24) is 15.2 Å². The summed E-state index contributed by atoms with van der Waals surface area (Å²) < 4.78 is 17.8. The molecule has 2 unspecified atom stereocenters. The van der Waals surface area contributed by atoms with E-state index in [1.165, 1.54) is 6.42 Å². The van der Waals surface area contributed by atoms with Crippen LogP contribution in [-0.4, -0.2) is 54.1 Å². The number of nitrogens with one attached hydrogen (secondary N) is 2. The van der Waals surface area contributed by atoms with Gasteiger partial charge in [-0.2, -0.15) is 0 Å². The van der Waals surface area contributed by atoms with E-state index >= 15 is 0 Å². The molecule has 0 saturated heterocycles. The van der Waals surface area contributed by atoms with Crippen LogP contribution in [0.5, 0.6) is 17.2 Å². The summed E-state index contributed by atoms with van der Waals surface area (Å²) in [5.74, 6) is 1.36. The maximum atomic E-state index is 14.2. The number of carbonyl (C=O) groups excluding carboxylic acids is 2. The number of amides is 2. The van der Waals surface area contributed by atoms with Gasteiger partial charge in [0.1, 0.15) is 11.8 Å². The summed E-state index contributed by atoms with van der Waals surface area (Å²) in [7, 11) is 1.65. The van der Waals surface area contributed by atoms with Crippen LogP contribution in [-0.2, 0) is 16.0 Å². The number of methoxy groups -OCH3 is 1. The number of H-pyrrole nitrogens is 1. The van der Waals surface area contributed by atoms with Crippen LogP contribution in [0.1, 0.15) is 70.0 Å². The van der Waals surface area contributed by atoms with E-state index < -0.39 is 12.1 Å². The number of para-hydroxylation sites is 1. The molecule has 8 heteroatoms. The zero-order valence-corrected chi connectivity index (χ0v) is 24.0. The molecular formula is C32H41N3O5. The van der Waals surface area contributed by atoms with Crippen molar-refractivity contribution in [2.24, 2.45) is 5.92 Å². The Labute approximate surface area is 236 Å². The van der Waals surface area contributed by atoms with E-state index in [-0.39, 0.29) is 23.8 Å². The molecule has 5 rings (SSSR count). The van der Waals surface area contributed by atoms with E-state index in [0.717, 1.165) is 47.9 Å². The molecule has 40 heavy (non-hydrogen) atoms. The van der Waals surface area contributed by atoms with Gasteiger partial charge in [-0.15, -0.1) is 0 Å². The van der Waals surface area contributed by atoms with Gasteiger partial charge in [-0.25, -0.2) is 0 Å². The Balaban J connectivity index is 1.54. The zero-order valence-electron chi connectivity index (χ0n) is 24.0. The highest BCUT2D eigenvalue weighted by Gasteiger charge is 2.43. The van der Waals surface area contributed by atoms with E-state index in [0.29, 0.717) is 36.6 Å². The Hall–Kier alpha value is -3.68. The predicted octanol–water partition coefficient (Wildman–Crippen LogP) is 5.55. The van der Waals surface area contributed by atoms with Gasteiger partial charge in [-0.3, -0.25) is 9.59 Å². The van der Waals surface area contributed by atoms with Gasteiger partial charge in [0.2, 0.25) is 5.91 Å². The standard InChI is InChI=1S/C32H41N3O5/c1-5-39-27-13-9-12-24-28(31(36)34-22-10-7-6-8-11-22)35(32(37)29(20(2)3)40-30(24)27)17-16-21-19-33-26-15-14-23(38-4)18-25(21)26/h9,12-15,18-20,22,28-29,33H,5-8,10-11,16-17H2,1-4H3,(H,34,36). The molecule has 0 bridgehead atoms. The SMILES string of the molecule is CCOc1cccc2c1OC(C(C)C)C(=O)N(CCc1c[nH]c3ccc(OC)cc13)C2C(=O)NC1CCCCC1. The first-order valence-electron chi connectivity index (χ1n) is 14.6. The fraction of sp³-hybridized carbons (Fsp3) is 0.500. The van der Waals surface area contributed by atoms with Crippen molar-refractivity contribution in [3.8, 4) is 17.2 Å². The summed E-state index contributed by atoms with van der Waals surface area (Å²) in [5, 5.41) is 4.33. The van der Waals surface area contributed by atoms with Crippen LogP contribution in [0.2, 0.25) is 0 Å². The molecule has 1 aromatic heterocycles. The molecule has 214 valence electrons. The quantitative estimate of drug-likeness (QED) is 0.366. The lowest BCUT2D eigenvalue weighted by molar-refractivity contribution is -0.146. The Morgan fingerprint density at radius 1 is 1.18 bits per heavy atom. The molecular weight excluding hydrogens is 506 g/mol. The van der Waals surface area contributed by atoms with Crippen molar-refractivity contribution in [3.63, 3.8) is 0 Å². The molecule has 8 nitrogen and oxygen atoms in total. The van der Waals surface area contributed by atoms with E-state index in [9.17, 15) is 9.59 Å². The lowest BCUT2D eigenvalue weighted by Crippen LogP contribution is -2.50. The molecule has 2 atom stereocenters. The second kappa shape index (κ2) is 12.2. The van der Waals surface area contributed by atoms with Crippen molar-refractivity contribution in [2.45, 2.75) is 77.5 Å². The fourth-order valence-corrected chi connectivity index (χ4v) is 5.98. The first-order valence-corrected chi connectivity index (χ1v) is 14.6. The Bertz CT molecular complexity index is 1340. The molecule has 2 heterocycles. The van der Waals surface area contributed by atoms with Gasteiger partial charge in [0, 0.05) is 35.2 Å². The normalized spacial score (nSPS) is 19.7. The van der Waals surface area contributed by atoms with Gasteiger partial charge in [-0.1, -0.05) is 45.2 Å². The van der Waals surface area contributed by atoms with Crippen molar-refractivity contribution in [1.29, 1.82) is 0 Å². The molecule has 1 aliphatic heterocycles. The third-order valence-electron chi connectivity index (χ3n) is 8.09. The summed E-state index contributed by atoms with van der Waals surface area (Å²) in [6.07, 6.45) is 7.12. The average molecular weight is 548 g/mol. The molecule has 2 N–H and O–H groups in total. The molecule has 1 saturated carbocycles. The summed E-state index contributed by atoms with van der Waals surface area (Å²) in [6, 6.07) is 10.8. The van der Waals surface area contributed by atoms with Crippen LogP contribution < -0.4 is 19.5 Å². The van der Waals surface area contributed by atoms with Crippen molar-refractivity contribution >= 4 is 22.7 Å². The third kappa shape index (κ3) is 5.62. The number of hydrogen-bond donors (Lipinski definition) is 2. The Kier molecular flexibility index (Phi) is 8.52. The molecule has 2 aromatic carbocycles. The average Bonchev–Trinajstić information content (AvgIpc) is 3.30. The maximum Gasteiger partial charge on any atom is 0.264 e. The largest absolute Gasteiger partial charge is 0.497 e. The highest BCUT2D eigenvalue weighted by Crippen LogP contribution is 2.42. The molecule has 2 aliphatic rings. The summed E-state index contributed by atoms with van der Waals surface area (Å²) in [5.41, 5.74) is 2.72. The number of hydrogen-bond acceptors (Lipinski definition) is 5. The lowest BCUT2D eigenvalue weighted by atomic mass is 9.94. The number of ether oxygens (including phenoxy) is 3. The van der Waals surface area contributed by atoms with Crippen molar-refractivity contribution < 1.29 is 23.8 Å². The fourth-order valence-electron chi connectivity index (χ4n) is 5.98. The summed E-state index contributed by atoms with van der Waals surface area (Å²) in [6.45, 7) is 6.66. The van der Waals surface area contributed by atoms with Gasteiger partial charge < -0.3 is 29.4 Å². The van der Waals surface area contributed by atoms with E-state index in [2.05, 4.69) is 10.3 Å². The van der Waals surface area contributed by atoms with E-state index in [1.54, 1.807) is 12.0 Å². The molecule has 2 amide bonds. The van der Waals surface area contributed by atoms with Crippen LogP contribution in [0.25, 0.3) is 10.9 Å². The van der Waals surface area contributed by atoms with Gasteiger partial charge in [0.25, 0.3) is 5.91 Å². The summed E-state index contributed by atoms with van der Waals surface area (Å²) >= 11 is 0. The van der Waals surface area contributed by atoms with Crippen molar-refractivity contribution in [2.75, 3.05) is 20.3 Å². The second-order valence-electron chi connectivity index (χ2n) is 11.1. The number of carbonyl (C=O) groups is 2. The van der Waals surface area contributed by atoms with Crippen LogP contribution in [0.3, 0.4) is 0 Å².